The fourth-order valence-corrected chi connectivity index (χ4v) is 1.44. The predicted octanol–water partition coefficient (Wildman–Crippen LogP) is 2.99. The molecule has 1 heterocycles. The van der Waals surface area contributed by atoms with Crippen LogP contribution in [0.2, 0.25) is 0 Å². The minimum atomic E-state index is 0.387. The molecule has 3 nitrogen and oxygen atoms in total. The lowest BCUT2D eigenvalue weighted by atomic mass is 10.1. The number of nitriles is 1. The number of aromatic amines is 1. The second-order valence-corrected chi connectivity index (χ2v) is 3.70. The topological polar surface area (TPSA) is 52.5 Å². The van der Waals surface area contributed by atoms with E-state index in [4.69, 9.17) is 5.26 Å². The first kappa shape index (κ1) is 12.3. The van der Waals surface area contributed by atoms with Gasteiger partial charge in [-0.25, -0.2) is 4.98 Å². The summed E-state index contributed by atoms with van der Waals surface area (Å²) in [5, 5.41) is 8.71. The van der Waals surface area contributed by atoms with Crippen molar-refractivity contribution in [3.63, 3.8) is 0 Å². The monoisotopic (exact) mass is 215 g/mol. The molecule has 3 heteroatoms. The number of aromatic nitrogens is 2. The van der Waals surface area contributed by atoms with Crippen molar-refractivity contribution >= 4 is 0 Å². The maximum atomic E-state index is 8.71. The molecule has 0 spiro atoms. The number of hydrogen-bond acceptors (Lipinski definition) is 2. The van der Waals surface area contributed by atoms with Gasteiger partial charge in [-0.15, -0.1) is 0 Å². The Morgan fingerprint density at radius 1 is 1.31 bits per heavy atom. The van der Waals surface area contributed by atoms with Gasteiger partial charge in [0.2, 0.25) is 0 Å². The third-order valence-corrected chi connectivity index (χ3v) is 2.36. The number of imidazole rings is 1. The third-order valence-electron chi connectivity index (χ3n) is 2.36. The maximum absolute atomic E-state index is 8.71. The molecule has 16 heavy (non-hydrogen) atoms. The number of unbranched alkanes of at least 4 members (excludes halogenated alkanes) is 5. The minimum absolute atomic E-state index is 0.387. The quantitative estimate of drug-likeness (QED) is 0.606. The molecule has 0 amide bonds. The number of rotatable bonds is 5. The van der Waals surface area contributed by atoms with Crippen LogP contribution in [-0.2, 0) is 0 Å². The molecule has 0 atom stereocenters. The zero-order valence-corrected chi connectivity index (χ0v) is 9.71. The SMILES string of the molecule is CCCCCCCC#Cc1[nH]cnc1C#N. The highest BCUT2D eigenvalue weighted by molar-refractivity contribution is 5.38. The second kappa shape index (κ2) is 7.54. The van der Waals surface area contributed by atoms with Gasteiger partial charge >= 0.3 is 0 Å². The molecule has 0 aliphatic carbocycles. The molecule has 0 unspecified atom stereocenters. The zero-order chi connectivity index (χ0) is 11.6. The van der Waals surface area contributed by atoms with Crippen molar-refractivity contribution in [1.82, 2.24) is 9.97 Å². The Bertz CT molecular complexity index is 401. The lowest BCUT2D eigenvalue weighted by molar-refractivity contribution is 0.641. The average Bonchev–Trinajstić information content (AvgIpc) is 2.75. The standard InChI is InChI=1S/C13H17N3/c1-2-3-4-5-6-7-8-9-12-13(10-14)16-11-15-12/h11H,2-7H2,1H3,(H,15,16). The van der Waals surface area contributed by atoms with E-state index in [0.717, 1.165) is 12.8 Å². The summed E-state index contributed by atoms with van der Waals surface area (Å²) in [7, 11) is 0. The molecule has 1 aromatic rings. The van der Waals surface area contributed by atoms with E-state index in [2.05, 4.69) is 28.7 Å². The van der Waals surface area contributed by atoms with E-state index in [0.29, 0.717) is 11.4 Å². The largest absolute Gasteiger partial charge is 0.337 e. The fourth-order valence-electron chi connectivity index (χ4n) is 1.44. The summed E-state index contributed by atoms with van der Waals surface area (Å²) < 4.78 is 0. The van der Waals surface area contributed by atoms with Crippen LogP contribution in [0.1, 0.15) is 56.8 Å². The molecule has 1 rings (SSSR count). The molecule has 0 saturated heterocycles. The van der Waals surface area contributed by atoms with E-state index < -0.39 is 0 Å². The van der Waals surface area contributed by atoms with Crippen LogP contribution in [0.15, 0.2) is 6.33 Å². The van der Waals surface area contributed by atoms with Gasteiger partial charge in [0, 0.05) is 6.42 Å². The van der Waals surface area contributed by atoms with Gasteiger partial charge in [-0.1, -0.05) is 38.5 Å². The van der Waals surface area contributed by atoms with E-state index in [1.165, 1.54) is 32.0 Å². The van der Waals surface area contributed by atoms with Crippen molar-refractivity contribution in [2.24, 2.45) is 0 Å². The van der Waals surface area contributed by atoms with Crippen LogP contribution in [0.3, 0.4) is 0 Å². The number of nitrogens with zero attached hydrogens (tertiary/aromatic N) is 2. The summed E-state index contributed by atoms with van der Waals surface area (Å²) in [5.41, 5.74) is 1.02. The van der Waals surface area contributed by atoms with Gasteiger partial charge in [0.15, 0.2) is 5.69 Å². The van der Waals surface area contributed by atoms with Crippen molar-refractivity contribution in [2.75, 3.05) is 0 Å². The fraction of sp³-hybridized carbons (Fsp3) is 0.538. The average molecular weight is 215 g/mol. The number of H-pyrrole nitrogens is 1. The highest BCUT2D eigenvalue weighted by atomic mass is 14.9. The summed E-state index contributed by atoms with van der Waals surface area (Å²) in [4.78, 5) is 6.72. The van der Waals surface area contributed by atoms with Gasteiger partial charge in [0.1, 0.15) is 11.8 Å². The maximum Gasteiger partial charge on any atom is 0.174 e. The molecular weight excluding hydrogens is 198 g/mol. The van der Waals surface area contributed by atoms with E-state index in [-0.39, 0.29) is 0 Å². The Hall–Kier alpha value is -1.74. The van der Waals surface area contributed by atoms with Crippen molar-refractivity contribution < 1.29 is 0 Å². The zero-order valence-electron chi connectivity index (χ0n) is 9.71. The first-order valence-electron chi connectivity index (χ1n) is 5.80. The third kappa shape index (κ3) is 4.19. The molecule has 0 aliphatic rings. The first-order valence-corrected chi connectivity index (χ1v) is 5.80. The Morgan fingerprint density at radius 2 is 2.12 bits per heavy atom. The van der Waals surface area contributed by atoms with E-state index in [1.54, 1.807) is 0 Å². The Labute approximate surface area is 96.9 Å². The van der Waals surface area contributed by atoms with Crippen LogP contribution in [0, 0.1) is 23.2 Å². The lowest BCUT2D eigenvalue weighted by Crippen LogP contribution is -1.80. The van der Waals surface area contributed by atoms with Crippen molar-refractivity contribution in [1.29, 1.82) is 5.26 Å². The minimum Gasteiger partial charge on any atom is -0.337 e. The molecule has 0 fully saturated rings. The van der Waals surface area contributed by atoms with Gasteiger partial charge < -0.3 is 4.98 Å². The van der Waals surface area contributed by atoms with Gasteiger partial charge in [0.25, 0.3) is 0 Å². The summed E-state index contributed by atoms with van der Waals surface area (Å²) in [5.74, 6) is 6.01. The molecule has 1 N–H and O–H groups in total. The predicted molar refractivity (Wildman–Crippen MR) is 63.6 cm³/mol. The highest BCUT2D eigenvalue weighted by Crippen LogP contribution is 2.04. The van der Waals surface area contributed by atoms with E-state index in [9.17, 15) is 0 Å². The van der Waals surface area contributed by atoms with Crippen LogP contribution in [0.4, 0.5) is 0 Å². The second-order valence-electron chi connectivity index (χ2n) is 3.70. The van der Waals surface area contributed by atoms with Gasteiger partial charge in [0.05, 0.1) is 6.33 Å². The molecule has 1 aromatic heterocycles. The number of hydrogen-bond donors (Lipinski definition) is 1. The highest BCUT2D eigenvalue weighted by Gasteiger charge is 1.98. The van der Waals surface area contributed by atoms with Gasteiger partial charge in [-0.2, -0.15) is 5.26 Å². The Morgan fingerprint density at radius 3 is 2.88 bits per heavy atom. The Kier molecular flexibility index (Phi) is 5.81. The van der Waals surface area contributed by atoms with Gasteiger partial charge in [-0.3, -0.25) is 0 Å². The molecule has 0 bridgehead atoms. The summed E-state index contributed by atoms with van der Waals surface area (Å²) in [6.07, 6.45) is 8.67. The normalized spacial score (nSPS) is 9.25. The first-order chi connectivity index (χ1) is 7.88. The van der Waals surface area contributed by atoms with Crippen LogP contribution >= 0.6 is 0 Å². The molecule has 84 valence electrons. The number of nitrogens with one attached hydrogen (secondary N) is 1. The van der Waals surface area contributed by atoms with E-state index in [1.807, 2.05) is 6.07 Å². The van der Waals surface area contributed by atoms with Crippen molar-refractivity contribution in [2.45, 2.75) is 45.4 Å². The van der Waals surface area contributed by atoms with Crippen LogP contribution in [0.5, 0.6) is 0 Å². The van der Waals surface area contributed by atoms with Crippen LogP contribution in [0.25, 0.3) is 0 Å². The van der Waals surface area contributed by atoms with Crippen LogP contribution < -0.4 is 0 Å². The van der Waals surface area contributed by atoms with Crippen molar-refractivity contribution in [3.05, 3.63) is 17.7 Å². The molecular formula is C13H17N3. The van der Waals surface area contributed by atoms with Crippen LogP contribution in [-0.4, -0.2) is 9.97 Å². The molecule has 0 aliphatic heterocycles. The molecule has 0 aromatic carbocycles. The van der Waals surface area contributed by atoms with Crippen molar-refractivity contribution in [3.8, 4) is 17.9 Å². The Balaban J connectivity index is 2.25. The summed E-state index contributed by atoms with van der Waals surface area (Å²) >= 11 is 0. The molecule has 0 radical (unpaired) electrons. The van der Waals surface area contributed by atoms with Gasteiger partial charge in [-0.05, 0) is 12.3 Å². The summed E-state index contributed by atoms with van der Waals surface area (Å²) in [6, 6.07) is 2.00. The summed E-state index contributed by atoms with van der Waals surface area (Å²) in [6.45, 7) is 2.21. The molecule has 0 saturated carbocycles. The smallest absolute Gasteiger partial charge is 0.174 e. The lowest BCUT2D eigenvalue weighted by Gasteiger charge is -1.94. The van der Waals surface area contributed by atoms with E-state index >= 15 is 0 Å².